The van der Waals surface area contributed by atoms with Crippen LogP contribution in [-0.2, 0) is 16.6 Å². The Bertz CT molecular complexity index is 1040. The Morgan fingerprint density at radius 1 is 0.969 bits per heavy atom. The van der Waals surface area contributed by atoms with E-state index in [1.807, 2.05) is 17.0 Å². The minimum atomic E-state index is -3.62. The quantitative estimate of drug-likeness (QED) is 0.659. The second-order valence-corrected chi connectivity index (χ2v) is 10.7. The van der Waals surface area contributed by atoms with Crippen molar-refractivity contribution in [1.82, 2.24) is 19.1 Å². The van der Waals surface area contributed by atoms with Gasteiger partial charge >= 0.3 is 0 Å². The first-order chi connectivity index (χ1) is 15.4. The fraction of sp³-hybridized carbons (Fsp3) is 0.478. The number of hydrogen-bond acceptors (Lipinski definition) is 6. The Morgan fingerprint density at radius 3 is 2.25 bits per heavy atom. The lowest BCUT2D eigenvalue weighted by molar-refractivity contribution is 0.0629. The number of carbonyl (C=O) groups excluding carboxylic acids is 1. The van der Waals surface area contributed by atoms with E-state index in [0.29, 0.717) is 18.7 Å². The van der Waals surface area contributed by atoms with Gasteiger partial charge in [0.1, 0.15) is 0 Å². The molecular formula is C23H31N5O3S. The van der Waals surface area contributed by atoms with E-state index in [0.717, 1.165) is 51.3 Å². The molecule has 0 N–H and O–H groups in total. The Kier molecular flexibility index (Phi) is 6.78. The molecule has 2 saturated heterocycles. The Balaban J connectivity index is 1.54. The van der Waals surface area contributed by atoms with E-state index in [2.05, 4.69) is 14.8 Å². The fourth-order valence-electron chi connectivity index (χ4n) is 4.32. The molecule has 0 aliphatic carbocycles. The predicted molar refractivity (Wildman–Crippen MR) is 124 cm³/mol. The fourth-order valence-corrected chi connectivity index (χ4v) is 5.25. The largest absolute Gasteiger partial charge is 0.371 e. The molecule has 8 nitrogen and oxygen atoms in total. The lowest BCUT2D eigenvalue weighted by Gasteiger charge is -2.35. The molecule has 0 bridgehead atoms. The molecule has 9 heteroatoms. The predicted octanol–water partition coefficient (Wildman–Crippen LogP) is 1.89. The van der Waals surface area contributed by atoms with Crippen molar-refractivity contribution in [2.45, 2.75) is 24.3 Å². The number of piperazine rings is 1. The van der Waals surface area contributed by atoms with Gasteiger partial charge in [0.25, 0.3) is 5.91 Å². The topological polar surface area (TPSA) is 77.1 Å². The first-order valence-corrected chi connectivity index (χ1v) is 12.5. The Morgan fingerprint density at radius 2 is 1.62 bits per heavy atom. The summed E-state index contributed by atoms with van der Waals surface area (Å²) in [6, 6.07) is 9.00. The van der Waals surface area contributed by atoms with Crippen LogP contribution in [0.4, 0.5) is 5.69 Å². The van der Waals surface area contributed by atoms with Crippen LogP contribution in [0.15, 0.2) is 47.6 Å². The van der Waals surface area contributed by atoms with Crippen LogP contribution >= 0.6 is 0 Å². The van der Waals surface area contributed by atoms with Gasteiger partial charge in [-0.15, -0.1) is 0 Å². The summed E-state index contributed by atoms with van der Waals surface area (Å²) in [4.78, 5) is 24.1. The van der Waals surface area contributed by atoms with Gasteiger partial charge in [-0.05, 0) is 48.7 Å². The second kappa shape index (κ2) is 9.56. The monoisotopic (exact) mass is 457 g/mol. The summed E-state index contributed by atoms with van der Waals surface area (Å²) in [5, 5.41) is 0. The molecule has 1 aromatic heterocycles. The van der Waals surface area contributed by atoms with Crippen LogP contribution in [0.1, 0.15) is 28.8 Å². The second-order valence-electron chi connectivity index (χ2n) is 8.58. The standard InChI is InChI=1S/C23H31N5O3S/c1-25(2)32(30,31)20-5-6-22(27-11-3-4-12-27)21(17-20)23(29)28-15-13-26(14-16-28)18-19-7-9-24-10-8-19/h5-10,17H,3-4,11-16,18H2,1-2H3. The molecule has 0 unspecified atom stereocenters. The lowest BCUT2D eigenvalue weighted by Crippen LogP contribution is -2.48. The summed E-state index contributed by atoms with van der Waals surface area (Å²) in [6.07, 6.45) is 5.76. The minimum absolute atomic E-state index is 0.0914. The van der Waals surface area contributed by atoms with Gasteiger partial charge in [-0.25, -0.2) is 12.7 Å². The lowest BCUT2D eigenvalue weighted by atomic mass is 10.1. The molecule has 0 atom stereocenters. The van der Waals surface area contributed by atoms with Crippen LogP contribution in [0.5, 0.6) is 0 Å². The highest BCUT2D eigenvalue weighted by molar-refractivity contribution is 7.89. The molecule has 172 valence electrons. The van der Waals surface area contributed by atoms with Gasteiger partial charge in [0, 0.05) is 78.0 Å². The van der Waals surface area contributed by atoms with Gasteiger partial charge in [0.05, 0.1) is 10.5 Å². The van der Waals surface area contributed by atoms with Crippen LogP contribution in [0.2, 0.25) is 0 Å². The van der Waals surface area contributed by atoms with E-state index in [1.54, 1.807) is 30.6 Å². The van der Waals surface area contributed by atoms with Crippen LogP contribution in [0, 0.1) is 0 Å². The smallest absolute Gasteiger partial charge is 0.256 e. The van der Waals surface area contributed by atoms with Crippen molar-refractivity contribution in [1.29, 1.82) is 0 Å². The number of carbonyl (C=O) groups is 1. The maximum absolute atomic E-state index is 13.6. The van der Waals surface area contributed by atoms with Gasteiger partial charge in [0.15, 0.2) is 0 Å². The molecule has 0 radical (unpaired) electrons. The number of nitrogens with zero attached hydrogens (tertiary/aromatic N) is 5. The van der Waals surface area contributed by atoms with Crippen molar-refractivity contribution >= 4 is 21.6 Å². The maximum Gasteiger partial charge on any atom is 0.256 e. The molecule has 4 rings (SSSR count). The highest BCUT2D eigenvalue weighted by atomic mass is 32.2. The van der Waals surface area contributed by atoms with Crippen LogP contribution < -0.4 is 4.90 Å². The van der Waals surface area contributed by atoms with E-state index < -0.39 is 10.0 Å². The molecule has 1 aromatic carbocycles. The zero-order valence-electron chi connectivity index (χ0n) is 18.8. The van der Waals surface area contributed by atoms with E-state index in [-0.39, 0.29) is 10.8 Å². The Hall–Kier alpha value is -2.49. The van der Waals surface area contributed by atoms with Gasteiger partial charge in [-0.1, -0.05) is 0 Å². The van der Waals surface area contributed by atoms with Gasteiger partial charge in [-0.3, -0.25) is 14.7 Å². The third kappa shape index (κ3) is 4.79. The number of hydrogen-bond donors (Lipinski definition) is 0. The van der Waals surface area contributed by atoms with Crippen LogP contribution in [0.25, 0.3) is 0 Å². The molecular weight excluding hydrogens is 426 g/mol. The summed E-state index contributed by atoms with van der Waals surface area (Å²) < 4.78 is 26.6. The van der Waals surface area contributed by atoms with Crippen molar-refractivity contribution in [3.8, 4) is 0 Å². The molecule has 2 aromatic rings. The van der Waals surface area contributed by atoms with E-state index in [9.17, 15) is 13.2 Å². The van der Waals surface area contributed by atoms with Gasteiger partial charge in [-0.2, -0.15) is 0 Å². The number of aromatic nitrogens is 1. The molecule has 1 amide bonds. The number of amides is 1. The zero-order chi connectivity index (χ0) is 22.7. The third-order valence-corrected chi connectivity index (χ3v) is 8.05. The first-order valence-electron chi connectivity index (χ1n) is 11.1. The Labute approximate surface area is 190 Å². The SMILES string of the molecule is CN(C)S(=O)(=O)c1ccc(N2CCCC2)c(C(=O)N2CCN(Cc3ccncc3)CC2)c1. The van der Waals surface area contributed by atoms with Crippen molar-refractivity contribution in [3.05, 3.63) is 53.9 Å². The van der Waals surface area contributed by atoms with Crippen molar-refractivity contribution in [2.75, 3.05) is 58.3 Å². The summed E-state index contributed by atoms with van der Waals surface area (Å²) in [5.41, 5.74) is 2.53. The maximum atomic E-state index is 13.6. The average Bonchev–Trinajstić information content (AvgIpc) is 3.34. The molecule has 0 spiro atoms. The molecule has 3 heterocycles. The molecule has 2 aliphatic rings. The van der Waals surface area contributed by atoms with Gasteiger partial charge < -0.3 is 9.80 Å². The van der Waals surface area contributed by atoms with Crippen LogP contribution in [-0.4, -0.2) is 86.8 Å². The highest BCUT2D eigenvalue weighted by Crippen LogP contribution is 2.29. The van der Waals surface area contributed by atoms with Crippen molar-refractivity contribution in [3.63, 3.8) is 0 Å². The van der Waals surface area contributed by atoms with Crippen molar-refractivity contribution in [2.24, 2.45) is 0 Å². The van der Waals surface area contributed by atoms with Gasteiger partial charge in [0.2, 0.25) is 10.0 Å². The number of rotatable bonds is 6. The summed E-state index contributed by atoms with van der Waals surface area (Å²) in [7, 11) is -0.602. The minimum Gasteiger partial charge on any atom is -0.371 e. The zero-order valence-corrected chi connectivity index (χ0v) is 19.6. The molecule has 2 aliphatic heterocycles. The van der Waals surface area contributed by atoms with E-state index in [4.69, 9.17) is 0 Å². The molecule has 2 fully saturated rings. The molecule has 0 saturated carbocycles. The number of anilines is 1. The average molecular weight is 458 g/mol. The normalized spacial score (nSPS) is 17.8. The summed E-state index contributed by atoms with van der Waals surface area (Å²) in [5.74, 6) is -0.0914. The highest BCUT2D eigenvalue weighted by Gasteiger charge is 2.28. The van der Waals surface area contributed by atoms with Crippen molar-refractivity contribution < 1.29 is 13.2 Å². The van der Waals surface area contributed by atoms with Crippen LogP contribution in [0.3, 0.4) is 0 Å². The number of benzene rings is 1. The first kappa shape index (κ1) is 22.7. The van der Waals surface area contributed by atoms with E-state index in [1.165, 1.54) is 24.0 Å². The number of sulfonamides is 1. The van der Waals surface area contributed by atoms with E-state index >= 15 is 0 Å². The summed E-state index contributed by atoms with van der Waals surface area (Å²) >= 11 is 0. The number of pyridine rings is 1. The third-order valence-electron chi connectivity index (χ3n) is 6.24. The summed E-state index contributed by atoms with van der Waals surface area (Å²) in [6.45, 7) is 5.41. The molecule has 32 heavy (non-hydrogen) atoms.